The first-order valence-electron chi connectivity index (χ1n) is 7.43. The molecule has 2 aromatic carbocycles. The molecule has 3 rings (SSSR count). The van der Waals surface area contributed by atoms with Gasteiger partial charge in [-0.15, -0.1) is 0 Å². The molecule has 1 heterocycles. The minimum absolute atomic E-state index is 0.135. The number of rotatable bonds is 2. The summed E-state index contributed by atoms with van der Waals surface area (Å²) in [5.74, 6) is -0.0363. The van der Waals surface area contributed by atoms with E-state index in [0.717, 1.165) is 0 Å². The molecule has 1 atom stereocenters. The highest BCUT2D eigenvalue weighted by atomic mass is 16.5. The van der Waals surface area contributed by atoms with E-state index in [2.05, 4.69) is 5.32 Å². The van der Waals surface area contributed by atoms with Crippen LogP contribution in [0.2, 0.25) is 0 Å². The van der Waals surface area contributed by atoms with E-state index in [4.69, 9.17) is 10.00 Å². The average Bonchev–Trinajstić information content (AvgIpc) is 2.60. The lowest BCUT2D eigenvalue weighted by Gasteiger charge is -2.33. The molecule has 6 heteroatoms. The predicted octanol–water partition coefficient (Wildman–Crippen LogP) is 2.31. The number of carbonyl (C=O) groups is 2. The van der Waals surface area contributed by atoms with Crippen molar-refractivity contribution in [3.05, 3.63) is 54.1 Å². The zero-order chi connectivity index (χ0) is 17.1. The third-order valence-electron chi connectivity index (χ3n) is 3.71. The second-order valence-corrected chi connectivity index (χ2v) is 5.39. The molecular weight excluding hydrogens is 306 g/mol. The quantitative estimate of drug-likeness (QED) is 0.920. The fourth-order valence-electron chi connectivity index (χ4n) is 2.56. The van der Waals surface area contributed by atoms with Crippen LogP contribution in [-0.2, 0) is 9.59 Å². The van der Waals surface area contributed by atoms with Gasteiger partial charge in [-0.05, 0) is 30.3 Å². The lowest BCUT2D eigenvalue weighted by atomic mass is 10.1. The Kier molecular flexibility index (Phi) is 4.17. The molecule has 0 bridgehead atoms. The molecule has 0 aromatic heterocycles. The number of anilines is 2. The molecule has 2 amide bonds. The van der Waals surface area contributed by atoms with E-state index >= 15 is 0 Å². The number of benzene rings is 2. The molecule has 0 aliphatic carbocycles. The summed E-state index contributed by atoms with van der Waals surface area (Å²) in [6, 6.07) is 15.7. The number of fused-ring (bicyclic) bond motifs is 1. The van der Waals surface area contributed by atoms with Crippen LogP contribution in [0, 0.1) is 11.3 Å². The zero-order valence-corrected chi connectivity index (χ0v) is 13.0. The Hall–Kier alpha value is -3.33. The number of hydrogen-bond donors (Lipinski definition) is 1. The Morgan fingerprint density at radius 1 is 1.25 bits per heavy atom. The second-order valence-electron chi connectivity index (χ2n) is 5.39. The summed E-state index contributed by atoms with van der Waals surface area (Å²) in [5.41, 5.74) is 1.62. The van der Waals surface area contributed by atoms with Crippen LogP contribution in [0.4, 0.5) is 11.4 Å². The van der Waals surface area contributed by atoms with Crippen LogP contribution in [0.25, 0.3) is 0 Å². The topological polar surface area (TPSA) is 82.4 Å². The van der Waals surface area contributed by atoms with Gasteiger partial charge in [0.05, 0.1) is 23.9 Å². The van der Waals surface area contributed by atoms with Gasteiger partial charge in [-0.25, -0.2) is 0 Å². The number of nitrogens with one attached hydrogen (secondary N) is 1. The first-order chi connectivity index (χ1) is 11.6. The Labute approximate surface area is 139 Å². The number of carbonyl (C=O) groups excluding carboxylic acids is 2. The summed E-state index contributed by atoms with van der Waals surface area (Å²) >= 11 is 0. The molecule has 120 valence electrons. The highest BCUT2D eigenvalue weighted by Crippen LogP contribution is 2.33. The van der Waals surface area contributed by atoms with Gasteiger partial charge in [-0.3, -0.25) is 9.59 Å². The van der Waals surface area contributed by atoms with E-state index < -0.39 is 6.10 Å². The van der Waals surface area contributed by atoms with Gasteiger partial charge in [-0.1, -0.05) is 18.2 Å². The highest BCUT2D eigenvalue weighted by molar-refractivity contribution is 5.99. The van der Waals surface area contributed by atoms with Gasteiger partial charge in [0.2, 0.25) is 5.91 Å². The van der Waals surface area contributed by atoms with Crippen molar-refractivity contribution < 1.29 is 14.3 Å². The van der Waals surface area contributed by atoms with Crippen molar-refractivity contribution in [3.8, 4) is 11.8 Å². The Bertz CT molecular complexity index is 841. The van der Waals surface area contributed by atoms with Crippen LogP contribution in [0.5, 0.6) is 5.75 Å². The van der Waals surface area contributed by atoms with Gasteiger partial charge in [0.25, 0.3) is 5.91 Å². The summed E-state index contributed by atoms with van der Waals surface area (Å²) in [6.07, 6.45) is -0.824. The van der Waals surface area contributed by atoms with Crippen molar-refractivity contribution in [1.82, 2.24) is 0 Å². The maximum absolute atomic E-state index is 12.5. The largest absolute Gasteiger partial charge is 0.476 e. The Morgan fingerprint density at radius 2 is 2.04 bits per heavy atom. The molecule has 0 saturated carbocycles. The first-order valence-corrected chi connectivity index (χ1v) is 7.43. The van der Waals surface area contributed by atoms with E-state index in [0.29, 0.717) is 22.7 Å². The lowest BCUT2D eigenvalue weighted by Crippen LogP contribution is -2.48. The Morgan fingerprint density at radius 3 is 2.79 bits per heavy atom. The third-order valence-corrected chi connectivity index (χ3v) is 3.71. The molecule has 2 aromatic rings. The monoisotopic (exact) mass is 321 g/mol. The normalized spacial score (nSPS) is 15.7. The molecule has 6 nitrogen and oxygen atoms in total. The fraction of sp³-hybridized carbons (Fsp3) is 0.167. The van der Waals surface area contributed by atoms with Crippen molar-refractivity contribution in [2.45, 2.75) is 13.0 Å². The van der Waals surface area contributed by atoms with Gasteiger partial charge in [0.15, 0.2) is 6.10 Å². The number of amides is 2. The number of nitrogens with zero attached hydrogens (tertiary/aromatic N) is 2. The minimum Gasteiger partial charge on any atom is -0.476 e. The summed E-state index contributed by atoms with van der Waals surface area (Å²) in [6.45, 7) is 1.59. The fourth-order valence-corrected chi connectivity index (χ4v) is 2.56. The number of nitriles is 1. The van der Waals surface area contributed by atoms with Crippen LogP contribution in [0.3, 0.4) is 0 Å². The van der Waals surface area contributed by atoms with Crippen LogP contribution in [0.15, 0.2) is 48.5 Å². The molecule has 1 N–H and O–H groups in total. The molecule has 0 fully saturated rings. The van der Waals surface area contributed by atoms with Gasteiger partial charge in [0.1, 0.15) is 5.75 Å². The second kappa shape index (κ2) is 6.42. The van der Waals surface area contributed by atoms with E-state index in [9.17, 15) is 9.59 Å². The maximum atomic E-state index is 12.5. The van der Waals surface area contributed by atoms with E-state index in [1.54, 1.807) is 42.5 Å². The van der Waals surface area contributed by atoms with Crippen LogP contribution >= 0.6 is 0 Å². The van der Waals surface area contributed by atoms with Crippen molar-refractivity contribution in [3.63, 3.8) is 0 Å². The Balaban J connectivity index is 1.81. The van der Waals surface area contributed by atoms with E-state index in [1.165, 1.54) is 11.8 Å². The van der Waals surface area contributed by atoms with Crippen LogP contribution < -0.4 is 15.0 Å². The molecule has 24 heavy (non-hydrogen) atoms. The van der Waals surface area contributed by atoms with Crippen molar-refractivity contribution in [1.29, 1.82) is 5.26 Å². The molecular formula is C18H15N3O3. The SMILES string of the molecule is CC(=O)N1C[C@H](C(=O)Nc2cccc(C#N)c2)Oc2ccccc21. The standard InChI is InChI=1S/C18H15N3O3/c1-12(22)21-11-17(24-16-8-3-2-7-15(16)21)18(23)20-14-6-4-5-13(9-14)10-19/h2-9,17H,11H2,1H3,(H,20,23)/t17-/m1/s1. The summed E-state index contributed by atoms with van der Waals surface area (Å²) in [7, 11) is 0. The highest BCUT2D eigenvalue weighted by Gasteiger charge is 2.32. The van der Waals surface area contributed by atoms with Crippen LogP contribution in [0.1, 0.15) is 12.5 Å². The molecule has 1 aliphatic heterocycles. The molecule has 1 aliphatic rings. The lowest BCUT2D eigenvalue weighted by molar-refractivity contribution is -0.123. The number of para-hydroxylation sites is 2. The number of ether oxygens (including phenoxy) is 1. The van der Waals surface area contributed by atoms with Gasteiger partial charge in [-0.2, -0.15) is 5.26 Å². The van der Waals surface area contributed by atoms with Gasteiger partial charge >= 0.3 is 0 Å². The first kappa shape index (κ1) is 15.6. The number of hydrogen-bond acceptors (Lipinski definition) is 4. The molecule has 0 radical (unpaired) electrons. The molecule has 0 unspecified atom stereocenters. The van der Waals surface area contributed by atoms with Crippen LogP contribution in [-0.4, -0.2) is 24.5 Å². The van der Waals surface area contributed by atoms with E-state index in [1.807, 2.05) is 12.1 Å². The molecule has 0 spiro atoms. The van der Waals surface area contributed by atoms with Gasteiger partial charge < -0.3 is 15.0 Å². The smallest absolute Gasteiger partial charge is 0.267 e. The summed E-state index contributed by atoms with van der Waals surface area (Å²) in [5, 5.41) is 11.6. The summed E-state index contributed by atoms with van der Waals surface area (Å²) < 4.78 is 5.73. The maximum Gasteiger partial charge on any atom is 0.267 e. The predicted molar refractivity (Wildman–Crippen MR) is 88.7 cm³/mol. The minimum atomic E-state index is -0.824. The van der Waals surface area contributed by atoms with Gasteiger partial charge in [0, 0.05) is 12.6 Å². The third kappa shape index (κ3) is 3.06. The van der Waals surface area contributed by atoms with Crippen molar-refractivity contribution in [2.75, 3.05) is 16.8 Å². The summed E-state index contributed by atoms with van der Waals surface area (Å²) in [4.78, 5) is 25.9. The van der Waals surface area contributed by atoms with Crippen molar-refractivity contribution in [2.24, 2.45) is 0 Å². The van der Waals surface area contributed by atoms with E-state index in [-0.39, 0.29) is 18.4 Å². The zero-order valence-electron chi connectivity index (χ0n) is 13.0. The molecule has 0 saturated heterocycles. The van der Waals surface area contributed by atoms with Crippen molar-refractivity contribution >= 4 is 23.2 Å². The average molecular weight is 321 g/mol.